The average Bonchev–Trinajstić information content (AvgIpc) is 2.43. The molecule has 0 radical (unpaired) electrons. The summed E-state index contributed by atoms with van der Waals surface area (Å²) >= 11 is 0. The Bertz CT molecular complexity index is 467. The third-order valence-electron chi connectivity index (χ3n) is 4.30. The summed E-state index contributed by atoms with van der Waals surface area (Å²) in [5, 5.41) is 13.3. The summed E-state index contributed by atoms with van der Waals surface area (Å²) in [6.45, 7) is 12.4. The highest BCUT2D eigenvalue weighted by Crippen LogP contribution is 2.17. The van der Waals surface area contributed by atoms with E-state index in [1.54, 1.807) is 6.07 Å². The fourth-order valence-electron chi connectivity index (χ4n) is 2.74. The van der Waals surface area contributed by atoms with Crippen molar-refractivity contribution in [1.82, 2.24) is 20.1 Å². The number of piperazine rings is 1. The number of nitrogens with zero attached hydrogens (tertiary/aromatic N) is 3. The van der Waals surface area contributed by atoms with Crippen LogP contribution in [0.3, 0.4) is 0 Å². The molecule has 1 fully saturated rings. The second-order valence-corrected chi connectivity index (χ2v) is 6.62. The Morgan fingerprint density at radius 3 is 2.57 bits per heavy atom. The highest BCUT2D eigenvalue weighted by molar-refractivity contribution is 5.27. The van der Waals surface area contributed by atoms with E-state index >= 15 is 0 Å². The van der Waals surface area contributed by atoms with Gasteiger partial charge in [0.15, 0.2) is 0 Å². The molecule has 0 aliphatic carbocycles. The molecule has 0 saturated carbocycles. The van der Waals surface area contributed by atoms with Crippen LogP contribution in [0, 0.1) is 6.92 Å². The van der Waals surface area contributed by atoms with Crippen molar-refractivity contribution in [2.24, 2.45) is 0 Å². The molecule has 5 nitrogen and oxygen atoms in total. The lowest BCUT2D eigenvalue weighted by atomic mass is 10.0. The van der Waals surface area contributed by atoms with E-state index in [9.17, 15) is 5.11 Å². The summed E-state index contributed by atoms with van der Waals surface area (Å²) in [6, 6.07) is 3.54. The lowest BCUT2D eigenvalue weighted by Crippen LogP contribution is -2.57. The highest BCUT2D eigenvalue weighted by Gasteiger charge is 2.28. The van der Waals surface area contributed by atoms with E-state index < -0.39 is 0 Å². The minimum absolute atomic E-state index is 0.112. The molecule has 1 saturated heterocycles. The third-order valence-corrected chi connectivity index (χ3v) is 4.30. The molecule has 0 amide bonds. The number of likely N-dealkylation sites (N-methyl/N-ethyl adjacent to an activating group) is 1. The molecular formula is C16H28N4O. The average molecular weight is 292 g/mol. The van der Waals surface area contributed by atoms with Crippen LogP contribution >= 0.6 is 0 Å². The topological polar surface area (TPSA) is 51.6 Å². The number of aromatic nitrogens is 1. The summed E-state index contributed by atoms with van der Waals surface area (Å²) in [4.78, 5) is 9.28. The maximum Gasteiger partial charge on any atom is 0.138 e. The van der Waals surface area contributed by atoms with E-state index in [1.807, 2.05) is 13.0 Å². The number of nitrogens with one attached hydrogen (secondary N) is 1. The van der Waals surface area contributed by atoms with Gasteiger partial charge in [-0.1, -0.05) is 0 Å². The van der Waals surface area contributed by atoms with Crippen molar-refractivity contribution in [2.75, 3.05) is 39.8 Å². The summed E-state index contributed by atoms with van der Waals surface area (Å²) in [7, 11) is 2.18. The van der Waals surface area contributed by atoms with Gasteiger partial charge in [0.05, 0.1) is 5.69 Å². The molecule has 1 aromatic heterocycles. The maximum absolute atomic E-state index is 9.82. The van der Waals surface area contributed by atoms with Crippen LogP contribution in [0.5, 0.6) is 5.75 Å². The fourth-order valence-corrected chi connectivity index (χ4v) is 2.74. The first kappa shape index (κ1) is 16.2. The van der Waals surface area contributed by atoms with Crippen molar-refractivity contribution in [1.29, 1.82) is 0 Å². The number of aromatic hydroxyl groups is 1. The molecule has 21 heavy (non-hydrogen) atoms. The first-order chi connectivity index (χ1) is 9.88. The molecular weight excluding hydrogens is 264 g/mol. The zero-order valence-corrected chi connectivity index (χ0v) is 13.7. The van der Waals surface area contributed by atoms with Crippen molar-refractivity contribution in [2.45, 2.75) is 32.9 Å². The smallest absolute Gasteiger partial charge is 0.138 e. The Kier molecular flexibility index (Phi) is 5.19. The van der Waals surface area contributed by atoms with Gasteiger partial charge in [-0.25, -0.2) is 0 Å². The molecule has 0 bridgehead atoms. The van der Waals surface area contributed by atoms with Crippen LogP contribution in [-0.4, -0.2) is 65.2 Å². The lowest BCUT2D eigenvalue weighted by molar-refractivity contribution is 0.0617. The molecule has 1 aliphatic rings. The normalized spacial score (nSPS) is 18.1. The minimum Gasteiger partial charge on any atom is -0.506 e. The molecule has 2 heterocycles. The zero-order valence-electron chi connectivity index (χ0n) is 13.7. The number of rotatable bonds is 5. The van der Waals surface area contributed by atoms with Gasteiger partial charge in [0.1, 0.15) is 5.75 Å². The van der Waals surface area contributed by atoms with Crippen LogP contribution in [0.1, 0.15) is 25.2 Å². The van der Waals surface area contributed by atoms with Crippen molar-refractivity contribution < 1.29 is 5.11 Å². The molecule has 0 unspecified atom stereocenters. The van der Waals surface area contributed by atoms with Gasteiger partial charge < -0.3 is 15.3 Å². The first-order valence-electron chi connectivity index (χ1n) is 7.68. The summed E-state index contributed by atoms with van der Waals surface area (Å²) in [6.07, 6.45) is 0. The quantitative estimate of drug-likeness (QED) is 0.854. The molecule has 0 spiro atoms. The van der Waals surface area contributed by atoms with Crippen molar-refractivity contribution >= 4 is 0 Å². The third kappa shape index (κ3) is 4.40. The Morgan fingerprint density at radius 1 is 1.24 bits per heavy atom. The Hall–Kier alpha value is -1.17. The molecule has 2 N–H and O–H groups in total. The first-order valence-corrected chi connectivity index (χ1v) is 7.68. The standard InChI is InChI=1S/C16H28N4O/c1-13-5-6-15(21)14(18-13)11-17-12-16(2,3)20-9-7-19(4)8-10-20/h5-6,17,21H,7-12H2,1-4H3. The molecule has 2 rings (SSSR count). The van der Waals surface area contributed by atoms with E-state index in [4.69, 9.17) is 0 Å². The number of hydrogen-bond acceptors (Lipinski definition) is 5. The SMILES string of the molecule is Cc1ccc(O)c(CNCC(C)(C)N2CCN(C)CC2)n1. The predicted octanol–water partition coefficient (Wildman–Crippen LogP) is 1.21. The van der Waals surface area contributed by atoms with Crippen LogP contribution in [0.15, 0.2) is 12.1 Å². The van der Waals surface area contributed by atoms with E-state index in [1.165, 1.54) is 0 Å². The number of aryl methyl sites for hydroxylation is 1. The Balaban J connectivity index is 1.85. The highest BCUT2D eigenvalue weighted by atomic mass is 16.3. The van der Waals surface area contributed by atoms with E-state index in [0.717, 1.165) is 44.1 Å². The second kappa shape index (κ2) is 6.73. The molecule has 0 atom stereocenters. The monoisotopic (exact) mass is 292 g/mol. The van der Waals surface area contributed by atoms with E-state index in [2.05, 4.69) is 41.0 Å². The molecule has 0 aromatic carbocycles. The zero-order chi connectivity index (χ0) is 15.5. The van der Waals surface area contributed by atoms with Crippen LogP contribution in [-0.2, 0) is 6.54 Å². The lowest BCUT2D eigenvalue weighted by Gasteiger charge is -2.43. The van der Waals surface area contributed by atoms with Crippen molar-refractivity contribution in [3.05, 3.63) is 23.5 Å². The van der Waals surface area contributed by atoms with Crippen LogP contribution in [0.25, 0.3) is 0 Å². The maximum atomic E-state index is 9.82. The molecule has 1 aliphatic heterocycles. The van der Waals surface area contributed by atoms with Gasteiger partial charge in [0.2, 0.25) is 0 Å². The number of hydrogen-bond donors (Lipinski definition) is 2. The second-order valence-electron chi connectivity index (χ2n) is 6.62. The Labute approximate surface area is 128 Å². The van der Waals surface area contributed by atoms with Gasteiger partial charge in [-0.15, -0.1) is 0 Å². The summed E-state index contributed by atoms with van der Waals surface area (Å²) in [5.41, 5.74) is 1.77. The van der Waals surface area contributed by atoms with Gasteiger partial charge in [0.25, 0.3) is 0 Å². The van der Waals surface area contributed by atoms with Crippen LogP contribution < -0.4 is 5.32 Å². The van der Waals surface area contributed by atoms with Gasteiger partial charge in [-0.05, 0) is 40.0 Å². The molecule has 5 heteroatoms. The van der Waals surface area contributed by atoms with Gasteiger partial charge in [0, 0.05) is 50.5 Å². The summed E-state index contributed by atoms with van der Waals surface area (Å²) < 4.78 is 0. The fraction of sp³-hybridized carbons (Fsp3) is 0.688. The van der Waals surface area contributed by atoms with Crippen LogP contribution in [0.4, 0.5) is 0 Å². The predicted molar refractivity (Wildman–Crippen MR) is 85.5 cm³/mol. The van der Waals surface area contributed by atoms with Gasteiger partial charge in [-0.2, -0.15) is 0 Å². The van der Waals surface area contributed by atoms with Gasteiger partial charge >= 0.3 is 0 Å². The minimum atomic E-state index is 0.112. The largest absolute Gasteiger partial charge is 0.506 e. The Morgan fingerprint density at radius 2 is 1.90 bits per heavy atom. The van der Waals surface area contributed by atoms with E-state index in [-0.39, 0.29) is 11.3 Å². The van der Waals surface area contributed by atoms with E-state index in [0.29, 0.717) is 6.54 Å². The van der Waals surface area contributed by atoms with Crippen molar-refractivity contribution in [3.63, 3.8) is 0 Å². The van der Waals surface area contributed by atoms with Crippen molar-refractivity contribution in [3.8, 4) is 5.75 Å². The summed E-state index contributed by atoms with van der Waals surface area (Å²) in [5.74, 6) is 0.269. The van der Waals surface area contributed by atoms with Gasteiger partial charge in [-0.3, -0.25) is 9.88 Å². The molecule has 118 valence electrons. The van der Waals surface area contributed by atoms with Crippen LogP contribution in [0.2, 0.25) is 0 Å². The molecule has 1 aromatic rings. The number of pyridine rings is 1.